The first kappa shape index (κ1) is 13.9. The summed E-state index contributed by atoms with van der Waals surface area (Å²) in [4.78, 5) is 0.0525. The van der Waals surface area contributed by atoms with E-state index in [1.165, 1.54) is 12.1 Å². The van der Waals surface area contributed by atoms with Gasteiger partial charge in [-0.25, -0.2) is 13.1 Å². The highest BCUT2D eigenvalue weighted by Crippen LogP contribution is 2.20. The molecular formula is C12H12ClN3O2S. The molecule has 0 radical (unpaired) electrons. The summed E-state index contributed by atoms with van der Waals surface area (Å²) in [6, 6.07) is 9.76. The summed E-state index contributed by atoms with van der Waals surface area (Å²) >= 11 is 5.86. The van der Waals surface area contributed by atoms with Crippen LogP contribution in [0.5, 0.6) is 0 Å². The van der Waals surface area contributed by atoms with E-state index in [4.69, 9.17) is 11.6 Å². The molecule has 2 rings (SSSR count). The van der Waals surface area contributed by atoms with Gasteiger partial charge in [0.15, 0.2) is 0 Å². The van der Waals surface area contributed by atoms with Gasteiger partial charge in [-0.3, -0.25) is 0 Å². The third-order valence-electron chi connectivity index (χ3n) is 2.42. The molecule has 2 aromatic rings. The van der Waals surface area contributed by atoms with Crippen molar-refractivity contribution < 1.29 is 8.42 Å². The second kappa shape index (κ2) is 5.64. The van der Waals surface area contributed by atoms with Crippen molar-refractivity contribution in [2.75, 3.05) is 0 Å². The van der Waals surface area contributed by atoms with Crippen LogP contribution in [0.3, 0.4) is 0 Å². The highest BCUT2D eigenvalue weighted by molar-refractivity contribution is 7.89. The third kappa shape index (κ3) is 3.50. The largest absolute Gasteiger partial charge is 0.242 e. The number of aryl methyl sites for hydroxylation is 1. The average Bonchev–Trinajstić information content (AvgIpc) is 2.38. The fraction of sp³-hybridized carbons (Fsp3) is 0.167. The van der Waals surface area contributed by atoms with Gasteiger partial charge in [0, 0.05) is 0 Å². The van der Waals surface area contributed by atoms with E-state index in [2.05, 4.69) is 14.9 Å². The van der Waals surface area contributed by atoms with Crippen molar-refractivity contribution in [1.29, 1.82) is 0 Å². The minimum atomic E-state index is -3.65. The molecule has 1 heterocycles. The molecule has 5 nitrogen and oxygen atoms in total. The quantitative estimate of drug-likeness (QED) is 0.936. The van der Waals surface area contributed by atoms with Gasteiger partial charge in [0.25, 0.3) is 0 Å². The van der Waals surface area contributed by atoms with E-state index in [-0.39, 0.29) is 16.5 Å². The Morgan fingerprint density at radius 1 is 1.16 bits per heavy atom. The molecule has 1 aromatic carbocycles. The Bertz CT molecular complexity index is 672. The molecule has 0 fully saturated rings. The normalized spacial score (nSPS) is 11.5. The summed E-state index contributed by atoms with van der Waals surface area (Å²) in [6.07, 6.45) is 0. The van der Waals surface area contributed by atoms with E-state index >= 15 is 0 Å². The number of benzene rings is 1. The number of sulfonamides is 1. The molecule has 0 unspecified atom stereocenters. The van der Waals surface area contributed by atoms with Crippen LogP contribution in [-0.2, 0) is 16.6 Å². The van der Waals surface area contributed by atoms with Crippen LogP contribution in [0.15, 0.2) is 41.3 Å². The van der Waals surface area contributed by atoms with Crippen LogP contribution in [0.2, 0.25) is 5.02 Å². The monoisotopic (exact) mass is 297 g/mol. The first-order chi connectivity index (χ1) is 8.99. The first-order valence-electron chi connectivity index (χ1n) is 5.52. The molecule has 0 spiro atoms. The molecule has 0 amide bonds. The second-order valence-electron chi connectivity index (χ2n) is 3.92. The van der Waals surface area contributed by atoms with Crippen molar-refractivity contribution >= 4 is 21.6 Å². The summed E-state index contributed by atoms with van der Waals surface area (Å²) in [5, 5.41) is 7.93. The Hall–Kier alpha value is -1.50. The zero-order valence-corrected chi connectivity index (χ0v) is 11.7. The zero-order valence-electron chi connectivity index (χ0n) is 10.2. The summed E-state index contributed by atoms with van der Waals surface area (Å²) in [5.74, 6) is 0. The van der Waals surface area contributed by atoms with Gasteiger partial charge in [0.05, 0.1) is 23.0 Å². The fourth-order valence-corrected chi connectivity index (χ4v) is 2.95. The molecule has 0 saturated carbocycles. The van der Waals surface area contributed by atoms with E-state index in [1.54, 1.807) is 24.3 Å². The lowest BCUT2D eigenvalue weighted by Crippen LogP contribution is -2.24. The second-order valence-corrected chi connectivity index (χ2v) is 6.06. The average molecular weight is 298 g/mol. The lowest BCUT2D eigenvalue weighted by atomic mass is 10.3. The molecule has 0 aliphatic carbocycles. The molecule has 1 N–H and O–H groups in total. The van der Waals surface area contributed by atoms with Crippen molar-refractivity contribution in [3.05, 3.63) is 52.8 Å². The number of halogens is 1. The predicted octanol–water partition coefficient (Wildman–Crippen LogP) is 1.92. The third-order valence-corrected chi connectivity index (χ3v) is 4.32. The summed E-state index contributed by atoms with van der Waals surface area (Å²) in [7, 11) is -3.65. The van der Waals surface area contributed by atoms with Gasteiger partial charge >= 0.3 is 0 Å². The van der Waals surface area contributed by atoms with E-state index in [0.29, 0.717) is 5.69 Å². The SMILES string of the molecule is Cc1ccc(CNS(=O)(=O)c2ccccc2Cl)nn1. The maximum atomic E-state index is 12.0. The Labute approximate surface area is 116 Å². The number of nitrogens with one attached hydrogen (secondary N) is 1. The van der Waals surface area contributed by atoms with Gasteiger partial charge in [-0.15, -0.1) is 0 Å². The van der Waals surface area contributed by atoms with Crippen molar-refractivity contribution in [2.24, 2.45) is 0 Å². The molecule has 0 aliphatic heterocycles. The molecule has 7 heteroatoms. The van der Waals surface area contributed by atoms with Crippen LogP contribution < -0.4 is 4.72 Å². The van der Waals surface area contributed by atoms with Gasteiger partial charge in [0.1, 0.15) is 4.90 Å². The fourth-order valence-electron chi connectivity index (χ4n) is 1.43. The van der Waals surface area contributed by atoms with Crippen molar-refractivity contribution in [3.63, 3.8) is 0 Å². The van der Waals surface area contributed by atoms with Crippen LogP contribution in [-0.4, -0.2) is 18.6 Å². The molecule has 1 aromatic heterocycles. The Morgan fingerprint density at radius 3 is 2.53 bits per heavy atom. The Balaban J connectivity index is 2.14. The Kier molecular flexibility index (Phi) is 4.14. The number of nitrogens with zero attached hydrogens (tertiary/aromatic N) is 2. The number of hydrogen-bond donors (Lipinski definition) is 1. The molecule has 100 valence electrons. The van der Waals surface area contributed by atoms with Crippen LogP contribution in [0, 0.1) is 6.92 Å². The van der Waals surface area contributed by atoms with Crippen LogP contribution in [0.25, 0.3) is 0 Å². The van der Waals surface area contributed by atoms with Gasteiger partial charge in [0.2, 0.25) is 10.0 Å². The number of rotatable bonds is 4. The van der Waals surface area contributed by atoms with E-state index in [0.717, 1.165) is 5.69 Å². The molecule has 0 saturated heterocycles. The van der Waals surface area contributed by atoms with E-state index in [9.17, 15) is 8.42 Å². The standard InChI is InChI=1S/C12H12ClN3O2S/c1-9-6-7-10(16-15-9)8-14-19(17,18)12-5-3-2-4-11(12)13/h2-7,14H,8H2,1H3. The zero-order chi connectivity index (χ0) is 13.9. The summed E-state index contributed by atoms with van der Waals surface area (Å²) < 4.78 is 26.5. The lowest BCUT2D eigenvalue weighted by Gasteiger charge is -2.07. The lowest BCUT2D eigenvalue weighted by molar-refractivity contribution is 0.580. The van der Waals surface area contributed by atoms with Gasteiger partial charge in [-0.05, 0) is 31.2 Å². The van der Waals surface area contributed by atoms with E-state index < -0.39 is 10.0 Å². The smallest absolute Gasteiger partial charge is 0.207 e. The van der Waals surface area contributed by atoms with Gasteiger partial charge < -0.3 is 0 Å². The van der Waals surface area contributed by atoms with Gasteiger partial charge in [-0.1, -0.05) is 23.7 Å². The van der Waals surface area contributed by atoms with E-state index in [1.807, 2.05) is 6.92 Å². The predicted molar refractivity (Wildman–Crippen MR) is 72.2 cm³/mol. The van der Waals surface area contributed by atoms with Crippen molar-refractivity contribution in [1.82, 2.24) is 14.9 Å². The summed E-state index contributed by atoms with van der Waals surface area (Å²) in [6.45, 7) is 1.88. The van der Waals surface area contributed by atoms with Crippen molar-refractivity contribution in [3.8, 4) is 0 Å². The Morgan fingerprint density at radius 2 is 1.89 bits per heavy atom. The maximum absolute atomic E-state index is 12.0. The topological polar surface area (TPSA) is 72.0 Å². The minimum absolute atomic E-state index is 0.0525. The van der Waals surface area contributed by atoms with Crippen LogP contribution in [0.4, 0.5) is 0 Å². The molecule has 0 aliphatic rings. The molecule has 19 heavy (non-hydrogen) atoms. The van der Waals surface area contributed by atoms with Crippen LogP contribution >= 0.6 is 11.6 Å². The minimum Gasteiger partial charge on any atom is -0.207 e. The molecular weight excluding hydrogens is 286 g/mol. The summed E-state index contributed by atoms with van der Waals surface area (Å²) in [5.41, 5.74) is 1.32. The highest BCUT2D eigenvalue weighted by Gasteiger charge is 2.17. The molecule has 0 bridgehead atoms. The molecule has 0 atom stereocenters. The van der Waals surface area contributed by atoms with Crippen LogP contribution in [0.1, 0.15) is 11.4 Å². The van der Waals surface area contributed by atoms with Crippen molar-refractivity contribution in [2.45, 2.75) is 18.4 Å². The maximum Gasteiger partial charge on any atom is 0.242 e. The highest BCUT2D eigenvalue weighted by atomic mass is 35.5. The number of hydrogen-bond acceptors (Lipinski definition) is 4. The first-order valence-corrected chi connectivity index (χ1v) is 7.38. The number of aromatic nitrogens is 2. The van der Waals surface area contributed by atoms with Gasteiger partial charge in [-0.2, -0.15) is 10.2 Å².